The molecule has 4 aromatic carbocycles. The Hall–Kier alpha value is -6.72. The van der Waals surface area contributed by atoms with Gasteiger partial charge in [-0.2, -0.15) is 0 Å². The zero-order chi connectivity index (χ0) is 37.1. The highest BCUT2D eigenvalue weighted by molar-refractivity contribution is 5.92. The van der Waals surface area contributed by atoms with Crippen molar-refractivity contribution >= 4 is 23.9 Å². The number of esters is 4. The molecule has 0 spiro atoms. The van der Waals surface area contributed by atoms with Gasteiger partial charge in [-0.3, -0.25) is 0 Å². The fraction of sp³-hybridized carbons (Fsp3) is 0.116. The van der Waals surface area contributed by atoms with Crippen LogP contribution in [0.15, 0.2) is 128 Å². The Labute approximate surface area is 297 Å². The Morgan fingerprint density at radius 1 is 0.647 bits per heavy atom. The summed E-state index contributed by atoms with van der Waals surface area (Å²) in [7, 11) is 0. The third-order valence-electron chi connectivity index (χ3n) is 7.28. The number of hydrogen-bond donors (Lipinski definition) is 0. The maximum absolute atomic E-state index is 13.1. The molecule has 0 radical (unpaired) electrons. The average Bonchev–Trinajstić information content (AvgIpc) is 3.12. The summed E-state index contributed by atoms with van der Waals surface area (Å²) in [5.41, 5.74) is 4.96. The summed E-state index contributed by atoms with van der Waals surface area (Å²) in [6, 6.07) is 22.9. The fourth-order valence-corrected chi connectivity index (χ4v) is 4.72. The van der Waals surface area contributed by atoms with Crippen molar-refractivity contribution < 1.29 is 38.1 Å². The van der Waals surface area contributed by atoms with Gasteiger partial charge in [-0.05, 0) is 85.0 Å². The lowest BCUT2D eigenvalue weighted by atomic mass is 9.91. The second-order valence-electron chi connectivity index (χ2n) is 11.3. The van der Waals surface area contributed by atoms with Gasteiger partial charge < -0.3 is 18.9 Å². The van der Waals surface area contributed by atoms with E-state index in [9.17, 15) is 19.2 Å². The van der Waals surface area contributed by atoms with Gasteiger partial charge in [0, 0.05) is 34.4 Å². The Morgan fingerprint density at radius 3 is 1.61 bits per heavy atom. The van der Waals surface area contributed by atoms with Crippen LogP contribution in [-0.4, -0.2) is 23.9 Å². The van der Waals surface area contributed by atoms with Crippen LogP contribution in [0.2, 0.25) is 0 Å². The van der Waals surface area contributed by atoms with E-state index >= 15 is 0 Å². The van der Waals surface area contributed by atoms with Crippen molar-refractivity contribution in [2.75, 3.05) is 0 Å². The molecule has 256 valence electrons. The van der Waals surface area contributed by atoms with E-state index in [-0.39, 0.29) is 28.2 Å². The fourth-order valence-electron chi connectivity index (χ4n) is 4.72. The highest BCUT2D eigenvalue weighted by Gasteiger charge is 2.24. The Balaban J connectivity index is 1.87. The zero-order valence-electron chi connectivity index (χ0n) is 28.7. The molecule has 8 nitrogen and oxygen atoms in total. The molecule has 0 N–H and O–H groups in total. The van der Waals surface area contributed by atoms with Crippen LogP contribution in [0.3, 0.4) is 0 Å². The molecule has 0 amide bonds. The largest absolute Gasteiger partial charge is 0.423 e. The minimum absolute atomic E-state index is 0.0696. The minimum Gasteiger partial charge on any atom is -0.423 e. The quantitative estimate of drug-likeness (QED) is 0.0635. The van der Waals surface area contributed by atoms with E-state index in [2.05, 4.69) is 38.2 Å². The van der Waals surface area contributed by atoms with Crippen molar-refractivity contribution in [1.82, 2.24) is 0 Å². The average molecular weight is 681 g/mol. The van der Waals surface area contributed by atoms with Crippen molar-refractivity contribution in [2.45, 2.75) is 33.6 Å². The van der Waals surface area contributed by atoms with Gasteiger partial charge >= 0.3 is 23.9 Å². The smallest absolute Gasteiger partial charge is 0.338 e. The number of carbonyl (C=O) groups is 4. The molecule has 0 saturated carbocycles. The van der Waals surface area contributed by atoms with E-state index in [1.165, 1.54) is 13.8 Å². The molecule has 4 aromatic rings. The molecule has 0 aromatic heterocycles. The van der Waals surface area contributed by atoms with E-state index in [1.54, 1.807) is 42.5 Å². The number of carbonyl (C=O) groups excluding carboxylic acids is 4. The van der Waals surface area contributed by atoms with E-state index in [1.807, 2.05) is 43.3 Å². The Kier molecular flexibility index (Phi) is 12.4. The van der Waals surface area contributed by atoms with Crippen LogP contribution in [0.1, 0.15) is 43.9 Å². The monoisotopic (exact) mass is 680 g/mol. The van der Waals surface area contributed by atoms with Crippen LogP contribution in [-0.2, 0) is 25.6 Å². The maximum atomic E-state index is 13.1. The Morgan fingerprint density at radius 2 is 1.12 bits per heavy atom. The second kappa shape index (κ2) is 17.1. The molecule has 0 aliphatic rings. The molecular formula is C43H36O8. The molecule has 0 unspecified atom stereocenters. The summed E-state index contributed by atoms with van der Waals surface area (Å²) in [4.78, 5) is 49.1. The first kappa shape index (κ1) is 37.1. The van der Waals surface area contributed by atoms with Gasteiger partial charge in [-0.1, -0.05) is 87.9 Å². The highest BCUT2D eigenvalue weighted by atomic mass is 16.6. The van der Waals surface area contributed by atoms with Crippen LogP contribution < -0.4 is 18.9 Å². The molecule has 0 bridgehead atoms. The summed E-state index contributed by atoms with van der Waals surface area (Å²) in [6.45, 7) is 19.3. The molecule has 8 heteroatoms. The van der Waals surface area contributed by atoms with E-state index in [0.717, 1.165) is 28.8 Å². The third kappa shape index (κ3) is 9.68. The van der Waals surface area contributed by atoms with Gasteiger partial charge in [0.1, 0.15) is 17.1 Å². The predicted octanol–water partition coefficient (Wildman–Crippen LogP) is 8.52. The molecule has 4 rings (SSSR count). The number of benzene rings is 4. The van der Waals surface area contributed by atoms with Crippen LogP contribution in [0.25, 0.3) is 22.3 Å². The summed E-state index contributed by atoms with van der Waals surface area (Å²) < 4.78 is 22.1. The van der Waals surface area contributed by atoms with Gasteiger partial charge in [-0.15, -0.1) is 0 Å². The Bertz CT molecular complexity index is 2090. The standard InChI is InChI=1S/C43H36O8/c1-8-11-35-37(32-17-15-30(16-18-32)31-19-23-34(24-20-31)49-40(45)10-3)26-38(50-42(46)27(4)5)36(41(35)51-43(47)28(6)7)25-14-29-12-21-33(22-13-29)48-39(44)9-2/h9-10,12-13,15-24,26H,2-4,6,8,11H2,1,5,7H3. The molecular weight excluding hydrogens is 644 g/mol. The SMILES string of the molecule is C=CC(=O)Oc1ccc(C#Cc2c(OC(=O)C(=C)C)cc(-c3ccc(-c4ccc(OC(=O)C=C)cc4)cc3)c(CCC)c2OC(=O)C(=C)C)cc1. The van der Waals surface area contributed by atoms with Crippen LogP contribution >= 0.6 is 0 Å². The third-order valence-corrected chi connectivity index (χ3v) is 7.28. The van der Waals surface area contributed by atoms with E-state index in [4.69, 9.17) is 18.9 Å². The number of ether oxygens (including phenoxy) is 4. The van der Waals surface area contributed by atoms with Crippen molar-refractivity contribution in [3.05, 3.63) is 145 Å². The highest BCUT2D eigenvalue weighted by Crippen LogP contribution is 2.42. The molecule has 0 saturated heterocycles. The van der Waals surface area contributed by atoms with Gasteiger partial charge in [0.2, 0.25) is 0 Å². The van der Waals surface area contributed by atoms with Crippen LogP contribution in [0.5, 0.6) is 23.0 Å². The predicted molar refractivity (Wildman–Crippen MR) is 196 cm³/mol. The van der Waals surface area contributed by atoms with Crippen molar-refractivity contribution in [3.63, 3.8) is 0 Å². The summed E-state index contributed by atoms with van der Waals surface area (Å²) in [5, 5.41) is 0. The number of rotatable bonds is 12. The minimum atomic E-state index is -0.685. The summed E-state index contributed by atoms with van der Waals surface area (Å²) in [5.74, 6) is 4.53. The van der Waals surface area contributed by atoms with Gasteiger partial charge in [0.05, 0.1) is 0 Å². The van der Waals surface area contributed by atoms with Gasteiger partial charge in [-0.25, -0.2) is 19.2 Å². The zero-order valence-corrected chi connectivity index (χ0v) is 28.7. The molecule has 0 aliphatic heterocycles. The summed E-state index contributed by atoms with van der Waals surface area (Å²) in [6.07, 6.45) is 3.34. The second-order valence-corrected chi connectivity index (χ2v) is 11.3. The molecule has 0 fully saturated rings. The first-order valence-corrected chi connectivity index (χ1v) is 15.9. The van der Waals surface area contributed by atoms with Crippen molar-refractivity contribution in [1.29, 1.82) is 0 Å². The molecule has 0 atom stereocenters. The van der Waals surface area contributed by atoms with E-state index < -0.39 is 23.9 Å². The molecule has 0 aliphatic carbocycles. The van der Waals surface area contributed by atoms with E-state index in [0.29, 0.717) is 41.0 Å². The summed E-state index contributed by atoms with van der Waals surface area (Å²) >= 11 is 0. The first-order valence-electron chi connectivity index (χ1n) is 15.9. The lowest BCUT2D eigenvalue weighted by molar-refractivity contribution is -0.130. The van der Waals surface area contributed by atoms with Crippen LogP contribution in [0, 0.1) is 11.8 Å². The topological polar surface area (TPSA) is 105 Å². The molecule has 0 heterocycles. The van der Waals surface area contributed by atoms with Crippen molar-refractivity contribution in [3.8, 4) is 57.1 Å². The normalized spacial score (nSPS) is 10.1. The van der Waals surface area contributed by atoms with Gasteiger partial charge in [0.15, 0.2) is 11.5 Å². The van der Waals surface area contributed by atoms with Crippen LogP contribution in [0.4, 0.5) is 0 Å². The number of hydrogen-bond acceptors (Lipinski definition) is 8. The van der Waals surface area contributed by atoms with Gasteiger partial charge in [0.25, 0.3) is 0 Å². The lowest BCUT2D eigenvalue weighted by Gasteiger charge is -2.20. The van der Waals surface area contributed by atoms with Crippen molar-refractivity contribution in [2.24, 2.45) is 0 Å². The first-order chi connectivity index (χ1) is 24.4. The molecule has 51 heavy (non-hydrogen) atoms. The lowest BCUT2D eigenvalue weighted by Crippen LogP contribution is -2.14. The maximum Gasteiger partial charge on any atom is 0.338 e.